The molecular formula is C13H13ClN2OS2. The summed E-state index contributed by atoms with van der Waals surface area (Å²) in [6.45, 7) is 1.96. The topological polar surface area (TPSA) is 42.0 Å². The van der Waals surface area contributed by atoms with Gasteiger partial charge in [0.15, 0.2) is 0 Å². The zero-order chi connectivity index (χ0) is 13.7. The van der Waals surface area contributed by atoms with E-state index in [2.05, 4.69) is 10.3 Å². The Bertz CT molecular complexity index is 571. The molecule has 6 heteroatoms. The Morgan fingerprint density at radius 2 is 2.32 bits per heavy atom. The van der Waals surface area contributed by atoms with Gasteiger partial charge in [0, 0.05) is 16.8 Å². The van der Waals surface area contributed by atoms with Crippen molar-refractivity contribution in [2.24, 2.45) is 0 Å². The first-order valence-corrected chi connectivity index (χ1v) is 8.03. The number of aromatic nitrogens is 1. The molecule has 0 radical (unpaired) electrons. The van der Waals surface area contributed by atoms with E-state index in [9.17, 15) is 4.79 Å². The fourth-order valence-corrected chi connectivity index (χ4v) is 3.48. The van der Waals surface area contributed by atoms with Crippen molar-refractivity contribution in [1.82, 2.24) is 4.98 Å². The lowest BCUT2D eigenvalue weighted by molar-refractivity contribution is -0.113. The maximum absolute atomic E-state index is 11.7. The smallest absolute Gasteiger partial charge is 0.235 e. The summed E-state index contributed by atoms with van der Waals surface area (Å²) in [6.07, 6.45) is 1.69. The highest BCUT2D eigenvalue weighted by atomic mass is 35.5. The van der Waals surface area contributed by atoms with E-state index in [1.165, 1.54) is 4.88 Å². The zero-order valence-electron chi connectivity index (χ0n) is 10.4. The molecule has 2 aromatic rings. The minimum Gasteiger partial charge on any atom is -0.310 e. The summed E-state index contributed by atoms with van der Waals surface area (Å²) in [5.74, 6) is 1.77. The second kappa shape index (κ2) is 6.93. The van der Waals surface area contributed by atoms with Crippen LogP contribution in [0.25, 0.3) is 0 Å². The Morgan fingerprint density at radius 1 is 1.47 bits per heavy atom. The Labute approximate surface area is 125 Å². The van der Waals surface area contributed by atoms with Crippen molar-refractivity contribution in [3.05, 3.63) is 45.2 Å². The van der Waals surface area contributed by atoms with Crippen LogP contribution in [0.5, 0.6) is 0 Å². The van der Waals surface area contributed by atoms with Gasteiger partial charge in [0.25, 0.3) is 0 Å². The molecule has 2 heterocycles. The van der Waals surface area contributed by atoms with Gasteiger partial charge in [0.05, 0.1) is 10.1 Å². The van der Waals surface area contributed by atoms with Crippen LogP contribution < -0.4 is 5.32 Å². The fourth-order valence-electron chi connectivity index (χ4n) is 1.46. The molecule has 0 aliphatic carbocycles. The molecule has 1 N–H and O–H groups in total. The largest absolute Gasteiger partial charge is 0.310 e. The normalized spacial score (nSPS) is 10.4. The number of hydrogen-bond donors (Lipinski definition) is 1. The van der Waals surface area contributed by atoms with Crippen LogP contribution in [0.15, 0.2) is 30.5 Å². The number of anilines is 1. The van der Waals surface area contributed by atoms with Gasteiger partial charge in [-0.25, -0.2) is 4.98 Å². The lowest BCUT2D eigenvalue weighted by atomic mass is 10.3. The predicted octanol–water partition coefficient (Wildman–Crippen LogP) is 3.98. The summed E-state index contributed by atoms with van der Waals surface area (Å²) >= 11 is 8.95. The number of pyridine rings is 1. The van der Waals surface area contributed by atoms with Gasteiger partial charge in [-0.1, -0.05) is 11.6 Å². The number of aryl methyl sites for hydroxylation is 1. The second-order valence-electron chi connectivity index (χ2n) is 3.97. The number of hydrogen-bond acceptors (Lipinski definition) is 4. The van der Waals surface area contributed by atoms with Crippen LogP contribution >= 0.6 is 34.7 Å². The molecule has 0 aliphatic heterocycles. The first-order valence-electron chi connectivity index (χ1n) is 5.68. The van der Waals surface area contributed by atoms with Crippen LogP contribution in [0.4, 0.5) is 5.82 Å². The second-order valence-corrected chi connectivity index (χ2v) is 6.75. The third-order valence-electron chi connectivity index (χ3n) is 2.29. The molecule has 0 aliphatic rings. The van der Waals surface area contributed by atoms with Crippen LogP contribution in [0.1, 0.15) is 10.4 Å². The van der Waals surface area contributed by atoms with E-state index in [0.29, 0.717) is 11.6 Å². The van der Waals surface area contributed by atoms with Crippen molar-refractivity contribution >= 4 is 46.4 Å². The number of nitrogens with zero attached hydrogens (tertiary/aromatic N) is 1. The SMILES string of the molecule is Cc1ccnc(NC(=O)CSCc2ccc(Cl)s2)c1. The molecule has 0 fully saturated rings. The molecule has 0 spiro atoms. The highest BCUT2D eigenvalue weighted by Crippen LogP contribution is 2.25. The van der Waals surface area contributed by atoms with E-state index >= 15 is 0 Å². The Kier molecular flexibility index (Phi) is 5.24. The number of amides is 1. The number of rotatable bonds is 5. The molecule has 2 rings (SSSR count). The van der Waals surface area contributed by atoms with Crippen LogP contribution in [0, 0.1) is 6.92 Å². The van der Waals surface area contributed by atoms with Crippen molar-refractivity contribution in [3.8, 4) is 0 Å². The Balaban J connectivity index is 1.76. The lowest BCUT2D eigenvalue weighted by Gasteiger charge is -2.04. The third kappa shape index (κ3) is 4.86. The van der Waals surface area contributed by atoms with E-state index < -0.39 is 0 Å². The Hall–Kier alpha value is -1.04. The number of halogens is 1. The van der Waals surface area contributed by atoms with E-state index in [4.69, 9.17) is 11.6 Å². The van der Waals surface area contributed by atoms with Gasteiger partial charge in [-0.15, -0.1) is 23.1 Å². The van der Waals surface area contributed by atoms with Crippen LogP contribution in [-0.4, -0.2) is 16.6 Å². The molecule has 2 aromatic heterocycles. The van der Waals surface area contributed by atoms with Gasteiger partial charge in [-0.2, -0.15) is 0 Å². The van der Waals surface area contributed by atoms with Crippen molar-refractivity contribution < 1.29 is 4.79 Å². The van der Waals surface area contributed by atoms with Gasteiger partial charge in [-0.05, 0) is 36.8 Å². The number of carbonyl (C=O) groups is 1. The van der Waals surface area contributed by atoms with Crippen LogP contribution in [-0.2, 0) is 10.5 Å². The van der Waals surface area contributed by atoms with Crippen molar-refractivity contribution in [1.29, 1.82) is 0 Å². The number of thioether (sulfide) groups is 1. The standard InChI is InChI=1S/C13H13ClN2OS2/c1-9-4-5-15-12(6-9)16-13(17)8-18-7-10-2-3-11(14)19-10/h2-6H,7-8H2,1H3,(H,15,16,17). The molecule has 3 nitrogen and oxygen atoms in total. The first kappa shape index (κ1) is 14.4. The average molecular weight is 313 g/mol. The zero-order valence-corrected chi connectivity index (χ0v) is 12.7. The third-order valence-corrected chi connectivity index (χ3v) is 4.68. The molecule has 0 aromatic carbocycles. The quantitative estimate of drug-likeness (QED) is 0.908. The van der Waals surface area contributed by atoms with E-state index in [-0.39, 0.29) is 5.91 Å². The van der Waals surface area contributed by atoms with Gasteiger partial charge >= 0.3 is 0 Å². The summed E-state index contributed by atoms with van der Waals surface area (Å²) < 4.78 is 0.781. The number of nitrogens with one attached hydrogen (secondary N) is 1. The van der Waals surface area contributed by atoms with Gasteiger partial charge in [-0.3, -0.25) is 4.79 Å². The molecule has 100 valence electrons. The van der Waals surface area contributed by atoms with E-state index in [0.717, 1.165) is 15.7 Å². The molecule has 0 unspecified atom stereocenters. The number of carbonyl (C=O) groups excluding carboxylic acids is 1. The maximum Gasteiger partial charge on any atom is 0.235 e. The fraction of sp³-hybridized carbons (Fsp3) is 0.231. The van der Waals surface area contributed by atoms with Crippen molar-refractivity contribution in [2.75, 3.05) is 11.1 Å². The number of thiophene rings is 1. The molecular weight excluding hydrogens is 300 g/mol. The molecule has 0 saturated carbocycles. The molecule has 0 atom stereocenters. The summed E-state index contributed by atoms with van der Waals surface area (Å²) in [7, 11) is 0. The molecule has 0 saturated heterocycles. The summed E-state index contributed by atoms with van der Waals surface area (Å²) in [4.78, 5) is 17.0. The minimum atomic E-state index is -0.0363. The van der Waals surface area contributed by atoms with E-state index in [1.54, 1.807) is 29.3 Å². The highest BCUT2D eigenvalue weighted by molar-refractivity contribution is 7.99. The molecule has 1 amide bonds. The van der Waals surface area contributed by atoms with Crippen LogP contribution in [0.2, 0.25) is 4.34 Å². The summed E-state index contributed by atoms with van der Waals surface area (Å²) in [5, 5.41) is 2.78. The van der Waals surface area contributed by atoms with Gasteiger partial charge < -0.3 is 5.32 Å². The molecule has 19 heavy (non-hydrogen) atoms. The predicted molar refractivity (Wildman–Crippen MR) is 83.1 cm³/mol. The van der Waals surface area contributed by atoms with E-state index in [1.807, 2.05) is 31.2 Å². The monoisotopic (exact) mass is 312 g/mol. The minimum absolute atomic E-state index is 0.0363. The average Bonchev–Trinajstić information content (AvgIpc) is 2.75. The van der Waals surface area contributed by atoms with Crippen LogP contribution in [0.3, 0.4) is 0 Å². The maximum atomic E-state index is 11.7. The molecule has 0 bridgehead atoms. The highest BCUT2D eigenvalue weighted by Gasteiger charge is 2.05. The first-order chi connectivity index (χ1) is 9.13. The summed E-state index contributed by atoms with van der Waals surface area (Å²) in [5.41, 5.74) is 1.08. The van der Waals surface area contributed by atoms with Gasteiger partial charge in [0.1, 0.15) is 5.82 Å². The van der Waals surface area contributed by atoms with Gasteiger partial charge in [0.2, 0.25) is 5.91 Å². The van der Waals surface area contributed by atoms with Crippen molar-refractivity contribution in [2.45, 2.75) is 12.7 Å². The summed E-state index contributed by atoms with van der Waals surface area (Å²) in [6, 6.07) is 7.60. The van der Waals surface area contributed by atoms with Crippen molar-refractivity contribution in [3.63, 3.8) is 0 Å². The Morgan fingerprint density at radius 3 is 3.00 bits per heavy atom. The lowest BCUT2D eigenvalue weighted by Crippen LogP contribution is -2.15.